The van der Waals surface area contributed by atoms with Crippen molar-refractivity contribution >= 4 is 27.5 Å². The largest absolute Gasteiger partial charge is 0.495 e. The van der Waals surface area contributed by atoms with Crippen LogP contribution in [0.25, 0.3) is 0 Å². The lowest BCUT2D eigenvalue weighted by Gasteiger charge is -2.35. The molecule has 242 valence electrons. The Morgan fingerprint density at radius 3 is 2.02 bits per heavy atom. The molecule has 2 amide bonds. The van der Waals surface area contributed by atoms with E-state index in [1.807, 2.05) is 95.3 Å². The fourth-order valence-electron chi connectivity index (χ4n) is 5.24. The molecule has 0 aliphatic rings. The molecule has 0 radical (unpaired) electrons. The van der Waals surface area contributed by atoms with Crippen LogP contribution in [0.1, 0.15) is 43.0 Å². The van der Waals surface area contributed by atoms with Crippen LogP contribution in [0.2, 0.25) is 0 Å². The van der Waals surface area contributed by atoms with Crippen LogP contribution in [-0.2, 0) is 32.6 Å². The number of hydrogen-bond acceptors (Lipinski definition) is 5. The zero-order valence-electron chi connectivity index (χ0n) is 27.4. The number of ether oxygens (including phenoxy) is 1. The zero-order chi connectivity index (χ0) is 33.5. The van der Waals surface area contributed by atoms with Gasteiger partial charge in [0, 0.05) is 18.5 Å². The van der Waals surface area contributed by atoms with Crippen LogP contribution in [0.3, 0.4) is 0 Å². The molecular formula is C37H43N3O5S. The van der Waals surface area contributed by atoms with Crippen molar-refractivity contribution < 1.29 is 22.7 Å². The lowest BCUT2D eigenvalue weighted by atomic mass is 10.0. The molecule has 4 aromatic rings. The quantitative estimate of drug-likeness (QED) is 0.203. The predicted octanol–water partition coefficient (Wildman–Crippen LogP) is 6.06. The van der Waals surface area contributed by atoms with E-state index in [4.69, 9.17) is 4.74 Å². The summed E-state index contributed by atoms with van der Waals surface area (Å²) in [7, 11) is -2.78. The second-order valence-electron chi connectivity index (χ2n) is 12.5. The lowest BCUT2D eigenvalue weighted by Crippen LogP contribution is -2.56. The summed E-state index contributed by atoms with van der Waals surface area (Å²) in [6.45, 7) is 8.99. The van der Waals surface area contributed by atoms with E-state index in [0.29, 0.717) is 5.75 Å². The van der Waals surface area contributed by atoms with Crippen molar-refractivity contribution in [2.24, 2.45) is 0 Å². The molecule has 0 bridgehead atoms. The van der Waals surface area contributed by atoms with Crippen LogP contribution in [-0.4, -0.2) is 50.4 Å². The summed E-state index contributed by atoms with van der Waals surface area (Å²) in [6.07, 6.45) is 0.236. The van der Waals surface area contributed by atoms with Crippen LogP contribution in [0.5, 0.6) is 5.75 Å². The topological polar surface area (TPSA) is 96.0 Å². The van der Waals surface area contributed by atoms with Crippen LogP contribution in [0.4, 0.5) is 5.69 Å². The van der Waals surface area contributed by atoms with Gasteiger partial charge in [0.1, 0.15) is 18.3 Å². The first-order valence-corrected chi connectivity index (χ1v) is 16.7. The van der Waals surface area contributed by atoms with E-state index in [1.165, 1.54) is 24.1 Å². The third kappa shape index (κ3) is 8.75. The molecular weight excluding hydrogens is 598 g/mol. The maximum atomic E-state index is 14.7. The number of amides is 2. The molecule has 4 rings (SSSR count). The van der Waals surface area contributed by atoms with E-state index < -0.39 is 34.1 Å². The Kier molecular flexibility index (Phi) is 10.9. The molecule has 0 fully saturated rings. The highest BCUT2D eigenvalue weighted by Crippen LogP contribution is 2.34. The fourth-order valence-corrected chi connectivity index (χ4v) is 6.68. The first-order valence-electron chi connectivity index (χ1n) is 15.2. The monoisotopic (exact) mass is 641 g/mol. The minimum atomic E-state index is -4.24. The maximum Gasteiger partial charge on any atom is 0.264 e. The normalized spacial score (nSPS) is 12.2. The summed E-state index contributed by atoms with van der Waals surface area (Å²) in [5.74, 6) is -0.563. The highest BCUT2D eigenvalue weighted by Gasteiger charge is 2.36. The van der Waals surface area contributed by atoms with Gasteiger partial charge in [-0.1, -0.05) is 84.4 Å². The number of aryl methyl sites for hydroxylation is 2. The highest BCUT2D eigenvalue weighted by atomic mass is 32.2. The SMILES string of the molecule is COc1ccc(C)cc1N(CC(=O)N(Cc1cccc(C)c1)C(Cc1ccccc1)C(=O)NC(C)(C)C)S(=O)(=O)c1ccccc1. The number of nitrogens with zero attached hydrogens (tertiary/aromatic N) is 2. The van der Waals surface area contributed by atoms with Crippen molar-refractivity contribution in [2.45, 2.75) is 64.1 Å². The number of benzene rings is 4. The Morgan fingerprint density at radius 1 is 0.804 bits per heavy atom. The number of carbonyl (C=O) groups excluding carboxylic acids is 2. The van der Waals surface area contributed by atoms with E-state index in [2.05, 4.69) is 5.32 Å². The van der Waals surface area contributed by atoms with Gasteiger partial charge in [0.05, 0.1) is 17.7 Å². The van der Waals surface area contributed by atoms with E-state index >= 15 is 0 Å². The summed E-state index contributed by atoms with van der Waals surface area (Å²) in [6, 6.07) is 29.5. The van der Waals surface area contributed by atoms with Gasteiger partial charge in [-0.15, -0.1) is 0 Å². The summed E-state index contributed by atoms with van der Waals surface area (Å²) in [5, 5.41) is 3.05. The number of sulfonamides is 1. The molecule has 46 heavy (non-hydrogen) atoms. The van der Waals surface area contributed by atoms with Crippen molar-refractivity contribution in [2.75, 3.05) is 18.0 Å². The maximum absolute atomic E-state index is 14.7. The molecule has 0 aliphatic carbocycles. The molecule has 0 heterocycles. The van der Waals surface area contributed by atoms with Crippen LogP contribution >= 0.6 is 0 Å². The third-order valence-electron chi connectivity index (χ3n) is 7.42. The molecule has 0 aromatic heterocycles. The Bertz CT molecular complexity index is 1750. The molecule has 0 saturated carbocycles. The number of nitrogens with one attached hydrogen (secondary N) is 1. The molecule has 0 aliphatic heterocycles. The van der Waals surface area contributed by atoms with Gasteiger partial charge in [0.25, 0.3) is 10.0 Å². The number of rotatable bonds is 12. The fraction of sp³-hybridized carbons (Fsp3) is 0.297. The molecule has 9 heteroatoms. The van der Waals surface area contributed by atoms with Crippen molar-refractivity contribution in [3.05, 3.63) is 125 Å². The van der Waals surface area contributed by atoms with Crippen molar-refractivity contribution in [1.29, 1.82) is 0 Å². The highest BCUT2D eigenvalue weighted by molar-refractivity contribution is 7.92. The summed E-state index contributed by atoms with van der Waals surface area (Å²) in [4.78, 5) is 30.2. The van der Waals surface area contributed by atoms with Crippen LogP contribution in [0, 0.1) is 13.8 Å². The minimum absolute atomic E-state index is 0.0305. The van der Waals surface area contributed by atoms with E-state index in [-0.39, 0.29) is 29.5 Å². The summed E-state index contributed by atoms with van der Waals surface area (Å²) in [5.41, 5.74) is 3.14. The van der Waals surface area contributed by atoms with Gasteiger partial charge in [0.2, 0.25) is 11.8 Å². The van der Waals surface area contributed by atoms with Gasteiger partial charge >= 0.3 is 0 Å². The number of anilines is 1. The Balaban J connectivity index is 1.86. The van der Waals surface area contributed by atoms with Gasteiger partial charge in [-0.25, -0.2) is 8.42 Å². The smallest absolute Gasteiger partial charge is 0.264 e. The van der Waals surface area contributed by atoms with Crippen LogP contribution in [0.15, 0.2) is 108 Å². The van der Waals surface area contributed by atoms with E-state index in [9.17, 15) is 18.0 Å². The molecule has 0 spiro atoms. The average Bonchev–Trinajstić information content (AvgIpc) is 3.01. The average molecular weight is 642 g/mol. The van der Waals surface area contributed by atoms with Gasteiger partial charge in [-0.05, 0) is 75.6 Å². The molecule has 1 atom stereocenters. The van der Waals surface area contributed by atoms with Gasteiger partial charge < -0.3 is 15.0 Å². The number of carbonyl (C=O) groups is 2. The second-order valence-corrected chi connectivity index (χ2v) is 14.3. The second kappa shape index (κ2) is 14.6. The predicted molar refractivity (Wildman–Crippen MR) is 182 cm³/mol. The van der Waals surface area contributed by atoms with Crippen LogP contribution < -0.4 is 14.4 Å². The van der Waals surface area contributed by atoms with Gasteiger partial charge in [-0.3, -0.25) is 13.9 Å². The lowest BCUT2D eigenvalue weighted by molar-refractivity contribution is -0.140. The zero-order valence-corrected chi connectivity index (χ0v) is 28.2. The Morgan fingerprint density at radius 2 is 1.41 bits per heavy atom. The van der Waals surface area contributed by atoms with Crippen molar-refractivity contribution in [3.8, 4) is 5.75 Å². The van der Waals surface area contributed by atoms with E-state index in [1.54, 1.807) is 30.3 Å². The van der Waals surface area contributed by atoms with Crippen molar-refractivity contribution in [3.63, 3.8) is 0 Å². The third-order valence-corrected chi connectivity index (χ3v) is 9.19. The molecule has 8 nitrogen and oxygen atoms in total. The Hall–Kier alpha value is -4.63. The van der Waals surface area contributed by atoms with Gasteiger partial charge in [-0.2, -0.15) is 0 Å². The van der Waals surface area contributed by atoms with E-state index in [0.717, 1.165) is 26.6 Å². The summed E-state index contributed by atoms with van der Waals surface area (Å²) < 4.78 is 35.2. The minimum Gasteiger partial charge on any atom is -0.495 e. The number of hydrogen-bond donors (Lipinski definition) is 1. The molecule has 4 aromatic carbocycles. The first kappa shape index (κ1) is 34.2. The van der Waals surface area contributed by atoms with Crippen molar-refractivity contribution in [1.82, 2.24) is 10.2 Å². The summed E-state index contributed by atoms with van der Waals surface area (Å²) >= 11 is 0. The molecule has 1 N–H and O–H groups in total. The Labute approximate surface area is 273 Å². The number of methoxy groups -OCH3 is 1. The molecule has 0 saturated heterocycles. The first-order chi connectivity index (χ1) is 21.8. The van der Waals surface area contributed by atoms with Gasteiger partial charge in [0.15, 0.2) is 0 Å². The standard InChI is InChI=1S/C37H43N3O5S/c1-27-14-13-17-30(22-27)25-39(33(36(42)38-37(3,4)5)24-29-15-9-7-10-16-29)35(41)26-40(32-23-28(2)20-21-34(32)45-6)46(43,44)31-18-11-8-12-19-31/h7-23,33H,24-26H2,1-6H3,(H,38,42). The molecule has 1 unspecified atom stereocenters.